The van der Waals surface area contributed by atoms with Gasteiger partial charge in [-0.05, 0) is 65.2 Å². The molecule has 4 nitrogen and oxygen atoms in total. The highest BCUT2D eigenvalue weighted by Gasteiger charge is 2.32. The van der Waals surface area contributed by atoms with E-state index in [1.165, 1.54) is 31.4 Å². The van der Waals surface area contributed by atoms with Crippen molar-refractivity contribution in [2.45, 2.75) is 12.7 Å². The SMILES string of the molecule is COc1cc(C(F)(F)F)cc(-c2ccc(C(=O)O)cc2)c1CNc1ccc(-c2ccc(Cl)cc2)c(Cl)c1. The van der Waals surface area contributed by atoms with Crippen molar-refractivity contribution in [1.82, 2.24) is 0 Å². The Bertz CT molecular complexity index is 1440. The van der Waals surface area contributed by atoms with E-state index in [1.54, 1.807) is 18.2 Å². The summed E-state index contributed by atoms with van der Waals surface area (Å²) in [5.74, 6) is -1.09. The van der Waals surface area contributed by atoms with Crippen molar-refractivity contribution in [3.8, 4) is 28.0 Å². The molecule has 0 unspecified atom stereocenters. The van der Waals surface area contributed by atoms with E-state index >= 15 is 0 Å². The molecule has 0 saturated heterocycles. The Morgan fingerprint density at radius 2 is 1.51 bits per heavy atom. The van der Waals surface area contributed by atoms with Gasteiger partial charge in [0.05, 0.1) is 23.3 Å². The Morgan fingerprint density at radius 3 is 2.08 bits per heavy atom. The van der Waals surface area contributed by atoms with Gasteiger partial charge in [0.2, 0.25) is 0 Å². The maximum Gasteiger partial charge on any atom is 0.416 e. The van der Waals surface area contributed by atoms with E-state index in [0.29, 0.717) is 26.9 Å². The summed E-state index contributed by atoms with van der Waals surface area (Å²) < 4.78 is 46.2. The monoisotopic (exact) mass is 545 g/mol. The van der Waals surface area contributed by atoms with E-state index in [1.807, 2.05) is 24.3 Å². The summed E-state index contributed by atoms with van der Waals surface area (Å²) in [5.41, 5.74) is 2.64. The van der Waals surface area contributed by atoms with E-state index in [4.69, 9.17) is 27.9 Å². The van der Waals surface area contributed by atoms with E-state index in [0.717, 1.165) is 23.3 Å². The molecular weight excluding hydrogens is 526 g/mol. The Hall–Kier alpha value is -3.68. The Balaban J connectivity index is 1.70. The molecule has 0 aromatic heterocycles. The summed E-state index contributed by atoms with van der Waals surface area (Å²) in [6.07, 6.45) is -4.60. The minimum absolute atomic E-state index is 0.0257. The zero-order valence-corrected chi connectivity index (χ0v) is 20.9. The van der Waals surface area contributed by atoms with E-state index < -0.39 is 17.7 Å². The van der Waals surface area contributed by atoms with Crippen LogP contribution in [0, 0.1) is 0 Å². The molecule has 4 aromatic rings. The number of nitrogens with one attached hydrogen (secondary N) is 1. The quantitative estimate of drug-likeness (QED) is 0.244. The Morgan fingerprint density at radius 1 is 0.892 bits per heavy atom. The van der Waals surface area contributed by atoms with Crippen molar-refractivity contribution >= 4 is 34.9 Å². The molecule has 0 aliphatic rings. The number of ether oxygens (including phenoxy) is 1. The van der Waals surface area contributed by atoms with Gasteiger partial charge in [-0.3, -0.25) is 0 Å². The molecule has 0 aliphatic carbocycles. The van der Waals surface area contributed by atoms with E-state index in [-0.39, 0.29) is 23.4 Å². The van der Waals surface area contributed by atoms with Crippen LogP contribution in [0.25, 0.3) is 22.3 Å². The van der Waals surface area contributed by atoms with Gasteiger partial charge >= 0.3 is 12.1 Å². The second-order valence-corrected chi connectivity index (χ2v) is 8.98. The van der Waals surface area contributed by atoms with Gasteiger partial charge in [0.15, 0.2) is 0 Å². The predicted molar refractivity (Wildman–Crippen MR) is 140 cm³/mol. The van der Waals surface area contributed by atoms with Crippen LogP contribution in [-0.4, -0.2) is 18.2 Å². The van der Waals surface area contributed by atoms with Gasteiger partial charge < -0.3 is 15.2 Å². The van der Waals surface area contributed by atoms with Crippen LogP contribution in [0.5, 0.6) is 5.75 Å². The van der Waals surface area contributed by atoms with E-state index in [9.17, 15) is 23.1 Å². The number of carboxylic acids is 1. The number of alkyl halides is 3. The molecule has 190 valence electrons. The lowest BCUT2D eigenvalue weighted by atomic mass is 9.95. The largest absolute Gasteiger partial charge is 0.496 e. The lowest BCUT2D eigenvalue weighted by molar-refractivity contribution is -0.137. The fourth-order valence-corrected chi connectivity index (χ4v) is 4.32. The molecule has 0 bridgehead atoms. The summed E-state index contributed by atoms with van der Waals surface area (Å²) in [6.45, 7) is 0.119. The minimum Gasteiger partial charge on any atom is -0.496 e. The highest BCUT2D eigenvalue weighted by molar-refractivity contribution is 6.33. The number of carbonyl (C=O) groups is 1. The Kier molecular flexibility index (Phi) is 7.66. The number of methoxy groups -OCH3 is 1. The average molecular weight is 546 g/mol. The van der Waals surface area contributed by atoms with Crippen LogP contribution in [-0.2, 0) is 12.7 Å². The molecule has 0 aliphatic heterocycles. The molecule has 0 spiro atoms. The summed E-state index contributed by atoms with van der Waals surface area (Å²) in [6, 6.07) is 20.2. The molecule has 0 amide bonds. The highest BCUT2D eigenvalue weighted by Crippen LogP contribution is 2.40. The van der Waals surface area contributed by atoms with Crippen LogP contribution >= 0.6 is 23.2 Å². The van der Waals surface area contributed by atoms with Crippen molar-refractivity contribution in [2.24, 2.45) is 0 Å². The molecular formula is C28H20Cl2F3NO3. The van der Waals surface area contributed by atoms with Gasteiger partial charge in [-0.25, -0.2) is 4.79 Å². The smallest absolute Gasteiger partial charge is 0.416 e. The van der Waals surface area contributed by atoms with Crippen molar-refractivity contribution < 1.29 is 27.8 Å². The number of hydrogen-bond donors (Lipinski definition) is 2. The van der Waals surface area contributed by atoms with Crippen LogP contribution in [0.1, 0.15) is 21.5 Å². The normalized spacial score (nSPS) is 11.3. The topological polar surface area (TPSA) is 58.6 Å². The van der Waals surface area contributed by atoms with Crippen molar-refractivity contribution in [2.75, 3.05) is 12.4 Å². The van der Waals surface area contributed by atoms with Crippen LogP contribution in [0.3, 0.4) is 0 Å². The van der Waals surface area contributed by atoms with Gasteiger partial charge in [-0.2, -0.15) is 13.2 Å². The zero-order chi connectivity index (χ0) is 26.7. The van der Waals surface area contributed by atoms with Gasteiger partial charge in [-0.1, -0.05) is 53.5 Å². The first kappa shape index (κ1) is 26.4. The lowest BCUT2D eigenvalue weighted by Crippen LogP contribution is -2.10. The van der Waals surface area contributed by atoms with Crippen molar-refractivity contribution in [3.63, 3.8) is 0 Å². The number of halogens is 5. The van der Waals surface area contributed by atoms with Gasteiger partial charge in [-0.15, -0.1) is 0 Å². The maximum absolute atomic E-state index is 13.6. The summed E-state index contributed by atoms with van der Waals surface area (Å²) in [7, 11) is 1.30. The van der Waals surface area contributed by atoms with Crippen molar-refractivity contribution in [1.29, 1.82) is 0 Å². The van der Waals surface area contributed by atoms with Crippen LogP contribution in [0.4, 0.5) is 18.9 Å². The molecule has 0 radical (unpaired) electrons. The average Bonchev–Trinajstić information content (AvgIpc) is 2.87. The van der Waals surface area contributed by atoms with Crippen LogP contribution in [0.2, 0.25) is 10.0 Å². The third-order valence-electron chi connectivity index (χ3n) is 5.79. The number of aromatic carboxylic acids is 1. The summed E-state index contributed by atoms with van der Waals surface area (Å²) in [4.78, 5) is 11.2. The number of benzene rings is 4. The number of anilines is 1. The van der Waals surface area contributed by atoms with Gasteiger partial charge in [0.1, 0.15) is 5.75 Å². The molecule has 0 atom stereocenters. The fourth-order valence-electron chi connectivity index (χ4n) is 3.90. The lowest BCUT2D eigenvalue weighted by Gasteiger charge is -2.19. The van der Waals surface area contributed by atoms with Crippen molar-refractivity contribution in [3.05, 3.63) is 106 Å². The molecule has 37 heavy (non-hydrogen) atoms. The summed E-state index contributed by atoms with van der Waals surface area (Å²) >= 11 is 12.5. The van der Waals surface area contributed by atoms with Gasteiger partial charge in [0.25, 0.3) is 0 Å². The van der Waals surface area contributed by atoms with Gasteiger partial charge in [0, 0.05) is 28.4 Å². The molecule has 0 heterocycles. The van der Waals surface area contributed by atoms with Crippen LogP contribution in [0.15, 0.2) is 78.9 Å². The first-order valence-electron chi connectivity index (χ1n) is 11.0. The fraction of sp³-hybridized carbons (Fsp3) is 0.107. The summed E-state index contributed by atoms with van der Waals surface area (Å²) in [5, 5.41) is 13.5. The molecule has 0 saturated carbocycles. The third-order valence-corrected chi connectivity index (χ3v) is 6.36. The molecule has 4 rings (SSSR count). The van der Waals surface area contributed by atoms with E-state index in [2.05, 4.69) is 5.32 Å². The number of hydrogen-bond acceptors (Lipinski definition) is 3. The highest BCUT2D eigenvalue weighted by atomic mass is 35.5. The first-order chi connectivity index (χ1) is 17.6. The second kappa shape index (κ2) is 10.7. The van der Waals surface area contributed by atoms with Crippen LogP contribution < -0.4 is 10.1 Å². The number of rotatable bonds is 7. The third kappa shape index (κ3) is 6.01. The molecule has 4 aromatic carbocycles. The zero-order valence-electron chi connectivity index (χ0n) is 19.4. The Labute approximate surface area is 221 Å². The molecule has 0 fully saturated rings. The molecule has 9 heteroatoms. The standard InChI is InChI=1S/C28H20Cl2F3NO3/c1-37-26-13-19(28(31,32)33)12-23(17-2-4-18(5-3-17)27(35)36)24(26)15-34-21-10-11-22(25(30)14-21)16-6-8-20(29)9-7-16/h2-14,34H,15H2,1H3,(H,35,36). The predicted octanol–water partition coefficient (Wildman–Crippen LogP) is 8.67. The maximum atomic E-state index is 13.6. The minimum atomic E-state index is -4.60. The molecule has 2 N–H and O–H groups in total. The number of carboxylic acid groups (broad SMARTS) is 1. The second-order valence-electron chi connectivity index (χ2n) is 8.14. The first-order valence-corrected chi connectivity index (χ1v) is 11.7.